The molecule has 3 heteroatoms. The molecule has 2 nitrogen and oxygen atoms in total. The van der Waals surface area contributed by atoms with E-state index in [1.807, 2.05) is 0 Å². The molecule has 0 aliphatic carbocycles. The van der Waals surface area contributed by atoms with Gasteiger partial charge in [0.25, 0.3) is 0 Å². The fourth-order valence-corrected chi connectivity index (χ4v) is 3.12. The Labute approximate surface area is 68.4 Å². The quantitative estimate of drug-likeness (QED) is 0.671. The molecule has 58 valence electrons. The molecule has 0 spiro atoms. The van der Waals surface area contributed by atoms with Crippen molar-refractivity contribution in [2.24, 2.45) is 10.7 Å². The van der Waals surface area contributed by atoms with Gasteiger partial charge in [0.2, 0.25) is 0 Å². The summed E-state index contributed by atoms with van der Waals surface area (Å²) in [5.41, 5.74) is 5.62. The van der Waals surface area contributed by atoms with Gasteiger partial charge < -0.3 is 0 Å². The predicted octanol–water partition coefficient (Wildman–Crippen LogP) is 0.996. The Morgan fingerprint density at radius 3 is 2.80 bits per heavy atom. The molecule has 0 saturated heterocycles. The maximum absolute atomic E-state index is 5.62. The van der Waals surface area contributed by atoms with Crippen molar-refractivity contribution in [2.45, 2.75) is 37.5 Å². The fourth-order valence-electron chi connectivity index (χ4n) is 1.16. The van der Waals surface area contributed by atoms with E-state index < -0.39 is 0 Å². The first-order valence-electron chi connectivity index (χ1n) is 3.74. The predicted molar refractivity (Wildman–Crippen MR) is 45.5 cm³/mol. The average molecular weight is 205 g/mol. The van der Waals surface area contributed by atoms with Crippen LogP contribution in [-0.4, -0.2) is 25.7 Å². The van der Waals surface area contributed by atoms with Crippen LogP contribution in [0.4, 0.5) is 0 Å². The van der Waals surface area contributed by atoms with Crippen molar-refractivity contribution < 1.29 is 0 Å². The van der Waals surface area contributed by atoms with Crippen molar-refractivity contribution in [3.8, 4) is 0 Å². The maximum atomic E-state index is 5.62. The van der Waals surface area contributed by atoms with Crippen LogP contribution in [0.1, 0.15) is 26.7 Å². The van der Waals surface area contributed by atoms with Gasteiger partial charge in [-0.05, 0) is 0 Å². The van der Waals surface area contributed by atoms with Crippen LogP contribution in [-0.2, 0) is 0 Å². The number of hydrogen-bond acceptors (Lipinski definition) is 2. The van der Waals surface area contributed by atoms with E-state index in [0.717, 1.165) is 9.55 Å². The van der Waals surface area contributed by atoms with Gasteiger partial charge in [-0.3, -0.25) is 0 Å². The Kier molecular flexibility index (Phi) is 2.75. The van der Waals surface area contributed by atoms with Gasteiger partial charge >= 0.3 is 68.0 Å². The van der Waals surface area contributed by atoms with Crippen LogP contribution in [0.3, 0.4) is 0 Å². The SMILES string of the molecule is CCCC1N=C(N)[Se]C1C. The summed E-state index contributed by atoms with van der Waals surface area (Å²) < 4.78 is 0.915. The van der Waals surface area contributed by atoms with Crippen LogP contribution in [0, 0.1) is 0 Å². The number of rotatable bonds is 2. The van der Waals surface area contributed by atoms with Gasteiger partial charge in [0.15, 0.2) is 0 Å². The molecule has 1 rings (SSSR count). The number of amidine groups is 1. The molecule has 0 aromatic rings. The van der Waals surface area contributed by atoms with E-state index in [1.165, 1.54) is 12.8 Å². The van der Waals surface area contributed by atoms with E-state index in [9.17, 15) is 0 Å². The first-order valence-corrected chi connectivity index (χ1v) is 5.58. The minimum atomic E-state index is 0.486. The molecule has 0 bridgehead atoms. The van der Waals surface area contributed by atoms with E-state index in [0.29, 0.717) is 21.0 Å². The zero-order valence-electron chi connectivity index (χ0n) is 6.50. The van der Waals surface area contributed by atoms with Crippen LogP contribution in [0.25, 0.3) is 0 Å². The van der Waals surface area contributed by atoms with Crippen molar-refractivity contribution in [1.29, 1.82) is 0 Å². The van der Waals surface area contributed by atoms with E-state index in [4.69, 9.17) is 5.73 Å². The summed E-state index contributed by atoms with van der Waals surface area (Å²) in [6.07, 6.45) is 2.44. The first-order chi connectivity index (χ1) is 4.74. The molecule has 1 heterocycles. The third-order valence-corrected chi connectivity index (χ3v) is 3.89. The minimum absolute atomic E-state index is 0.486. The summed E-state index contributed by atoms with van der Waals surface area (Å²) in [5, 5.41) is 0. The van der Waals surface area contributed by atoms with Gasteiger partial charge in [-0.25, -0.2) is 0 Å². The second-order valence-electron chi connectivity index (χ2n) is 2.65. The first kappa shape index (κ1) is 8.09. The molecular weight excluding hydrogens is 191 g/mol. The van der Waals surface area contributed by atoms with Crippen molar-refractivity contribution >= 4 is 19.7 Å². The van der Waals surface area contributed by atoms with Crippen molar-refractivity contribution in [3.05, 3.63) is 0 Å². The molecule has 0 fully saturated rings. The summed E-state index contributed by atoms with van der Waals surface area (Å²) in [5.74, 6) is 0. The molecule has 10 heavy (non-hydrogen) atoms. The van der Waals surface area contributed by atoms with E-state index in [-0.39, 0.29) is 0 Å². The molecule has 2 unspecified atom stereocenters. The van der Waals surface area contributed by atoms with Gasteiger partial charge in [0.05, 0.1) is 0 Å². The molecular formula is C7H14N2Se. The third-order valence-electron chi connectivity index (χ3n) is 1.73. The molecule has 0 saturated carbocycles. The summed E-state index contributed by atoms with van der Waals surface area (Å²) in [6.45, 7) is 4.45. The number of aliphatic imine (C=N–C) groups is 1. The van der Waals surface area contributed by atoms with E-state index in [1.54, 1.807) is 0 Å². The Morgan fingerprint density at radius 2 is 2.40 bits per heavy atom. The van der Waals surface area contributed by atoms with Crippen molar-refractivity contribution in [3.63, 3.8) is 0 Å². The monoisotopic (exact) mass is 206 g/mol. The second kappa shape index (κ2) is 3.40. The topological polar surface area (TPSA) is 38.4 Å². The van der Waals surface area contributed by atoms with E-state index in [2.05, 4.69) is 18.8 Å². The normalized spacial score (nSPS) is 32.4. The van der Waals surface area contributed by atoms with Crippen LogP contribution in [0.2, 0.25) is 4.82 Å². The Balaban J connectivity index is 2.44. The Morgan fingerprint density at radius 1 is 1.70 bits per heavy atom. The zero-order valence-corrected chi connectivity index (χ0v) is 8.21. The molecule has 2 N–H and O–H groups in total. The van der Waals surface area contributed by atoms with Crippen molar-refractivity contribution in [1.82, 2.24) is 0 Å². The van der Waals surface area contributed by atoms with Gasteiger partial charge in [0.1, 0.15) is 0 Å². The molecule has 0 radical (unpaired) electrons. The number of nitrogens with zero attached hydrogens (tertiary/aromatic N) is 1. The molecule has 2 atom stereocenters. The fraction of sp³-hybridized carbons (Fsp3) is 0.857. The molecule has 0 aromatic heterocycles. The molecule has 0 amide bonds. The third kappa shape index (κ3) is 1.74. The van der Waals surface area contributed by atoms with E-state index >= 15 is 0 Å². The van der Waals surface area contributed by atoms with Crippen molar-refractivity contribution in [2.75, 3.05) is 0 Å². The van der Waals surface area contributed by atoms with Crippen LogP contribution < -0.4 is 5.73 Å². The van der Waals surface area contributed by atoms with Crippen LogP contribution in [0.15, 0.2) is 4.99 Å². The zero-order chi connectivity index (χ0) is 7.56. The van der Waals surface area contributed by atoms with Crippen LogP contribution >= 0.6 is 0 Å². The van der Waals surface area contributed by atoms with Gasteiger partial charge in [-0.2, -0.15) is 0 Å². The van der Waals surface area contributed by atoms with Crippen LogP contribution in [0.5, 0.6) is 0 Å². The average Bonchev–Trinajstić information content (AvgIpc) is 2.13. The summed E-state index contributed by atoms with van der Waals surface area (Å²) in [6, 6.07) is 0.546. The summed E-state index contributed by atoms with van der Waals surface area (Å²) >= 11 is 0.486. The second-order valence-corrected chi connectivity index (χ2v) is 5.58. The molecule has 1 aliphatic heterocycles. The summed E-state index contributed by atoms with van der Waals surface area (Å²) in [4.78, 5) is 5.12. The Bertz CT molecular complexity index is 145. The number of nitrogens with two attached hydrogens (primary N) is 1. The standard InChI is InChI=1S/C7H14N2Se/c1-3-4-6-5(2)10-7(8)9-6/h5-6H,3-4H2,1-2H3,(H2,8,9). The van der Waals surface area contributed by atoms with Gasteiger partial charge in [0, 0.05) is 0 Å². The number of hydrogen-bond donors (Lipinski definition) is 1. The summed E-state index contributed by atoms with van der Waals surface area (Å²) in [7, 11) is 0. The Hall–Kier alpha value is -0.0105. The van der Waals surface area contributed by atoms with Gasteiger partial charge in [-0.1, -0.05) is 0 Å². The molecule has 1 aliphatic rings. The molecule has 0 aromatic carbocycles. The van der Waals surface area contributed by atoms with Gasteiger partial charge in [-0.15, -0.1) is 0 Å².